The number of thioether (sulfide) groups is 2. The van der Waals surface area contributed by atoms with E-state index in [0.717, 1.165) is 11.5 Å². The molecule has 2 aliphatic rings. The highest BCUT2D eigenvalue weighted by molar-refractivity contribution is 8.18. The monoisotopic (exact) mass is 333 g/mol. The molecule has 5 nitrogen and oxygen atoms in total. The van der Waals surface area contributed by atoms with Crippen LogP contribution < -0.4 is 0 Å². The molecule has 2 saturated heterocycles. The number of carbonyl (C=O) groups is 2. The van der Waals surface area contributed by atoms with Gasteiger partial charge < -0.3 is 9.47 Å². The molecule has 2 heterocycles. The second kappa shape index (κ2) is 6.28. The van der Waals surface area contributed by atoms with Gasteiger partial charge in [-0.1, -0.05) is 0 Å². The average molecular weight is 333 g/mol. The quantitative estimate of drug-likeness (QED) is 0.688. The first-order valence-electron chi connectivity index (χ1n) is 7.12. The van der Waals surface area contributed by atoms with Gasteiger partial charge in [-0.3, -0.25) is 4.90 Å². The third-order valence-electron chi connectivity index (χ3n) is 3.41. The summed E-state index contributed by atoms with van der Waals surface area (Å²) in [5.41, 5.74) is -0.569. The number of carbonyl (C=O) groups excluding carboxylic acids is 2. The van der Waals surface area contributed by atoms with E-state index in [-0.39, 0.29) is 10.0 Å². The van der Waals surface area contributed by atoms with Gasteiger partial charge in [-0.05, 0) is 38.7 Å². The lowest BCUT2D eigenvalue weighted by molar-refractivity contribution is -0.145. The van der Waals surface area contributed by atoms with Gasteiger partial charge >= 0.3 is 12.1 Å². The van der Waals surface area contributed by atoms with Crippen LogP contribution in [0.25, 0.3) is 0 Å². The number of hydrogen-bond donors (Lipinski definition) is 0. The molecule has 2 aliphatic heterocycles. The minimum atomic E-state index is -0.569. The molecule has 7 heteroatoms. The molecule has 0 aromatic rings. The molecule has 1 spiro atoms. The van der Waals surface area contributed by atoms with Crippen LogP contribution in [-0.2, 0) is 14.3 Å². The summed E-state index contributed by atoms with van der Waals surface area (Å²) < 4.78 is 10.2. The molecule has 0 aromatic heterocycles. The molecule has 2 rings (SSSR count). The first-order valence-corrected chi connectivity index (χ1v) is 9.09. The van der Waals surface area contributed by atoms with Crippen molar-refractivity contribution in [3.63, 3.8) is 0 Å². The van der Waals surface area contributed by atoms with Crippen molar-refractivity contribution in [2.75, 3.05) is 25.2 Å². The molecule has 1 unspecified atom stereocenters. The van der Waals surface area contributed by atoms with Crippen LogP contribution in [0.3, 0.4) is 0 Å². The van der Waals surface area contributed by atoms with Crippen molar-refractivity contribution in [1.82, 2.24) is 4.90 Å². The van der Waals surface area contributed by atoms with Crippen molar-refractivity contribution in [3.8, 4) is 0 Å². The zero-order valence-electron chi connectivity index (χ0n) is 13.0. The molecule has 0 aliphatic carbocycles. The van der Waals surface area contributed by atoms with Crippen LogP contribution in [0.2, 0.25) is 0 Å². The number of rotatable bonds is 1. The third-order valence-corrected chi connectivity index (χ3v) is 6.75. The lowest BCUT2D eigenvalue weighted by atomic mass is 10.2. The molecule has 1 amide bonds. The fourth-order valence-corrected chi connectivity index (χ4v) is 5.87. The van der Waals surface area contributed by atoms with E-state index in [2.05, 4.69) is 0 Å². The Morgan fingerprint density at radius 1 is 1.24 bits per heavy atom. The van der Waals surface area contributed by atoms with Crippen molar-refractivity contribution in [2.45, 2.75) is 49.3 Å². The Kier molecular flexibility index (Phi) is 5.03. The first kappa shape index (κ1) is 16.8. The summed E-state index contributed by atoms with van der Waals surface area (Å²) in [6.07, 6.45) is 1.38. The smallest absolute Gasteiger partial charge is 0.411 e. The van der Waals surface area contributed by atoms with E-state index < -0.39 is 17.7 Å². The fraction of sp³-hybridized carbons (Fsp3) is 0.857. The van der Waals surface area contributed by atoms with Crippen LogP contribution in [0.4, 0.5) is 4.79 Å². The highest BCUT2D eigenvalue weighted by atomic mass is 32.2. The zero-order chi connectivity index (χ0) is 15.7. The minimum Gasteiger partial charge on any atom is -0.467 e. The van der Waals surface area contributed by atoms with E-state index in [4.69, 9.17) is 9.47 Å². The number of amides is 1. The maximum atomic E-state index is 12.4. The van der Waals surface area contributed by atoms with Gasteiger partial charge in [0.05, 0.1) is 11.2 Å². The summed E-state index contributed by atoms with van der Waals surface area (Å²) >= 11 is 3.70. The molecule has 0 radical (unpaired) electrons. The average Bonchev–Trinajstić information content (AvgIpc) is 2.76. The summed E-state index contributed by atoms with van der Waals surface area (Å²) in [7, 11) is 1.36. The fourth-order valence-electron chi connectivity index (χ4n) is 2.52. The van der Waals surface area contributed by atoms with Crippen molar-refractivity contribution in [3.05, 3.63) is 0 Å². The number of likely N-dealkylation sites (tertiary alicyclic amines) is 1. The lowest BCUT2D eigenvalue weighted by Gasteiger charge is -2.32. The number of esters is 1. The lowest BCUT2D eigenvalue weighted by Crippen LogP contribution is -2.44. The highest BCUT2D eigenvalue weighted by Gasteiger charge is 2.51. The van der Waals surface area contributed by atoms with E-state index in [1.54, 1.807) is 4.90 Å². The van der Waals surface area contributed by atoms with Gasteiger partial charge in [-0.2, -0.15) is 0 Å². The molecule has 0 saturated carbocycles. The van der Waals surface area contributed by atoms with Crippen LogP contribution in [0, 0.1) is 0 Å². The summed E-state index contributed by atoms with van der Waals surface area (Å²) in [4.78, 5) is 26.0. The first-order chi connectivity index (χ1) is 9.76. The Hall–Kier alpha value is -0.560. The van der Waals surface area contributed by atoms with Crippen molar-refractivity contribution in [2.24, 2.45) is 0 Å². The Labute approximate surface area is 134 Å². The number of nitrogens with zero attached hydrogens (tertiary/aromatic N) is 1. The van der Waals surface area contributed by atoms with Crippen molar-refractivity contribution >= 4 is 35.6 Å². The van der Waals surface area contributed by atoms with Gasteiger partial charge in [-0.15, -0.1) is 23.5 Å². The molecular weight excluding hydrogens is 310 g/mol. The SMILES string of the molecule is COC(=O)C1CC2(CN1C(=O)OC(C)(C)C)SCCCS2. The second-order valence-electron chi connectivity index (χ2n) is 6.31. The molecule has 1 atom stereocenters. The maximum absolute atomic E-state index is 12.4. The van der Waals surface area contributed by atoms with Gasteiger partial charge in [-0.25, -0.2) is 9.59 Å². The summed E-state index contributed by atoms with van der Waals surface area (Å²) in [6, 6.07) is -0.539. The number of hydrogen-bond acceptors (Lipinski definition) is 6. The van der Waals surface area contributed by atoms with Crippen molar-refractivity contribution in [1.29, 1.82) is 0 Å². The molecule has 21 heavy (non-hydrogen) atoms. The van der Waals surface area contributed by atoms with Crippen LogP contribution in [0.15, 0.2) is 0 Å². The zero-order valence-corrected chi connectivity index (χ0v) is 14.6. The van der Waals surface area contributed by atoms with E-state index >= 15 is 0 Å². The normalized spacial score (nSPS) is 25.0. The molecule has 0 bridgehead atoms. The van der Waals surface area contributed by atoms with Crippen molar-refractivity contribution < 1.29 is 19.1 Å². The largest absolute Gasteiger partial charge is 0.467 e. The summed E-state index contributed by atoms with van der Waals surface area (Å²) in [5.74, 6) is 1.79. The molecular formula is C14H23NO4S2. The molecule has 0 N–H and O–H groups in total. The standard InChI is InChI=1S/C14H23NO4S2/c1-13(2,3)19-12(17)15-9-14(20-6-5-7-21-14)8-10(15)11(16)18-4/h10H,5-9H2,1-4H3. The summed E-state index contributed by atoms with van der Waals surface area (Å²) in [5, 5.41) is 0. The summed E-state index contributed by atoms with van der Waals surface area (Å²) in [6.45, 7) is 6.02. The molecule has 2 fully saturated rings. The van der Waals surface area contributed by atoms with Crippen LogP contribution in [-0.4, -0.2) is 57.8 Å². The van der Waals surface area contributed by atoms with Gasteiger partial charge in [0.1, 0.15) is 11.6 Å². The predicted octanol–water partition coefficient (Wildman–Crippen LogP) is 2.74. The van der Waals surface area contributed by atoms with Gasteiger partial charge in [0, 0.05) is 13.0 Å². The van der Waals surface area contributed by atoms with E-state index in [0.29, 0.717) is 13.0 Å². The van der Waals surface area contributed by atoms with Crippen LogP contribution in [0.5, 0.6) is 0 Å². The topological polar surface area (TPSA) is 55.8 Å². The van der Waals surface area contributed by atoms with Crippen LogP contribution >= 0.6 is 23.5 Å². The van der Waals surface area contributed by atoms with E-state index in [1.807, 2.05) is 44.3 Å². The van der Waals surface area contributed by atoms with Gasteiger partial charge in [0.25, 0.3) is 0 Å². The van der Waals surface area contributed by atoms with E-state index in [1.165, 1.54) is 13.5 Å². The Morgan fingerprint density at radius 2 is 1.86 bits per heavy atom. The van der Waals surface area contributed by atoms with Gasteiger partial charge in [0.2, 0.25) is 0 Å². The van der Waals surface area contributed by atoms with Gasteiger partial charge in [0.15, 0.2) is 0 Å². The molecule has 0 aromatic carbocycles. The maximum Gasteiger partial charge on any atom is 0.411 e. The molecule has 120 valence electrons. The third kappa shape index (κ3) is 4.00. The Bertz CT molecular complexity index is 416. The highest BCUT2D eigenvalue weighted by Crippen LogP contribution is 2.50. The van der Waals surface area contributed by atoms with E-state index in [9.17, 15) is 9.59 Å². The van der Waals surface area contributed by atoms with Crippen LogP contribution in [0.1, 0.15) is 33.6 Å². The number of ether oxygens (including phenoxy) is 2. The predicted molar refractivity (Wildman–Crippen MR) is 85.6 cm³/mol. The minimum absolute atomic E-state index is 0.0893. The number of methoxy groups -OCH3 is 1. The Morgan fingerprint density at radius 3 is 2.38 bits per heavy atom. The Balaban J connectivity index is 2.16. The second-order valence-corrected chi connectivity index (χ2v) is 9.53.